The Labute approximate surface area is 116 Å². The van der Waals surface area contributed by atoms with Crippen molar-refractivity contribution in [3.05, 3.63) is 24.0 Å². The number of rotatable bonds is 3. The number of carboxylic acids is 1. The van der Waals surface area contributed by atoms with Gasteiger partial charge >= 0.3 is 5.97 Å². The molecule has 1 aliphatic rings. The number of hydrogen-bond donors (Lipinski definition) is 3. The summed E-state index contributed by atoms with van der Waals surface area (Å²) in [5.74, 6) is -0.103. The molecule has 1 fully saturated rings. The number of piperidine rings is 1. The fourth-order valence-electron chi connectivity index (χ4n) is 2.73. The molecule has 0 aliphatic carbocycles. The van der Waals surface area contributed by atoms with E-state index < -0.39 is 5.97 Å². The largest absolute Gasteiger partial charge is 0.481 e. The number of H-pyrrole nitrogens is 1. The number of carbonyl (C=O) groups is 1. The van der Waals surface area contributed by atoms with Gasteiger partial charge in [0, 0.05) is 18.8 Å². The summed E-state index contributed by atoms with van der Waals surface area (Å²) in [6, 6.07) is 6.07. The average molecular weight is 274 g/mol. The summed E-state index contributed by atoms with van der Waals surface area (Å²) < 4.78 is 0. The first kappa shape index (κ1) is 12.9. The Kier molecular flexibility index (Phi) is 3.31. The first-order valence-corrected chi connectivity index (χ1v) is 6.84. The molecule has 0 saturated carbocycles. The van der Waals surface area contributed by atoms with Crippen molar-refractivity contribution in [1.29, 1.82) is 0 Å². The van der Waals surface area contributed by atoms with Crippen molar-refractivity contribution in [1.82, 2.24) is 9.97 Å². The summed E-state index contributed by atoms with van der Waals surface area (Å²) in [6.07, 6.45) is 1.40. The number of carboxylic acid groups (broad SMARTS) is 1. The first-order chi connectivity index (χ1) is 9.67. The molecule has 2 aromatic rings. The van der Waals surface area contributed by atoms with Crippen LogP contribution >= 0.6 is 0 Å². The van der Waals surface area contributed by atoms with Crippen LogP contribution in [0.5, 0.6) is 0 Å². The van der Waals surface area contributed by atoms with E-state index in [1.54, 1.807) is 0 Å². The topological polar surface area (TPSA) is 95.2 Å². The van der Waals surface area contributed by atoms with Crippen LogP contribution in [-0.4, -0.2) is 34.1 Å². The van der Waals surface area contributed by atoms with Crippen LogP contribution in [0.25, 0.3) is 11.0 Å². The van der Waals surface area contributed by atoms with Gasteiger partial charge in [0.25, 0.3) is 0 Å². The van der Waals surface area contributed by atoms with Crippen molar-refractivity contribution in [3.8, 4) is 0 Å². The molecule has 1 aliphatic heterocycles. The van der Waals surface area contributed by atoms with Crippen LogP contribution in [0.1, 0.15) is 18.7 Å². The van der Waals surface area contributed by atoms with E-state index in [0.717, 1.165) is 35.6 Å². The van der Waals surface area contributed by atoms with Gasteiger partial charge < -0.3 is 20.7 Å². The van der Waals surface area contributed by atoms with Gasteiger partial charge in [-0.3, -0.25) is 4.79 Å². The lowest BCUT2D eigenvalue weighted by Crippen LogP contribution is -2.36. The third kappa shape index (κ3) is 2.34. The van der Waals surface area contributed by atoms with Gasteiger partial charge in [-0.15, -0.1) is 0 Å². The van der Waals surface area contributed by atoms with Gasteiger partial charge in [-0.2, -0.15) is 0 Å². The lowest BCUT2D eigenvalue weighted by atomic mass is 9.97. The molecule has 1 aromatic heterocycles. The van der Waals surface area contributed by atoms with Gasteiger partial charge in [0.1, 0.15) is 5.82 Å². The molecule has 0 amide bonds. The molecule has 6 nitrogen and oxygen atoms in total. The van der Waals surface area contributed by atoms with E-state index in [9.17, 15) is 4.79 Å². The molecule has 0 spiro atoms. The Balaban J connectivity index is 1.79. The van der Waals surface area contributed by atoms with E-state index in [4.69, 9.17) is 10.8 Å². The van der Waals surface area contributed by atoms with Gasteiger partial charge in [-0.05, 0) is 31.0 Å². The molecule has 0 atom stereocenters. The molecule has 1 saturated heterocycles. The number of anilines is 1. The molecular formula is C14H18N4O2. The molecule has 4 N–H and O–H groups in total. The molecule has 0 bridgehead atoms. The van der Waals surface area contributed by atoms with Crippen LogP contribution in [0.2, 0.25) is 0 Å². The van der Waals surface area contributed by atoms with Gasteiger partial charge in [0.15, 0.2) is 0 Å². The predicted octanol–water partition coefficient (Wildman–Crippen LogP) is 1.32. The highest BCUT2D eigenvalue weighted by Crippen LogP contribution is 2.26. The summed E-state index contributed by atoms with van der Waals surface area (Å²) in [6.45, 7) is 1.95. The Morgan fingerprint density at radius 1 is 1.45 bits per heavy atom. The first-order valence-electron chi connectivity index (χ1n) is 6.84. The van der Waals surface area contributed by atoms with Crippen molar-refractivity contribution in [3.63, 3.8) is 0 Å². The third-order valence-electron chi connectivity index (χ3n) is 3.92. The van der Waals surface area contributed by atoms with E-state index in [0.29, 0.717) is 19.4 Å². The smallest absolute Gasteiger partial charge is 0.306 e. The summed E-state index contributed by atoms with van der Waals surface area (Å²) in [5, 5.41) is 9.02. The van der Waals surface area contributed by atoms with Crippen LogP contribution in [0.4, 0.5) is 5.69 Å². The number of benzene rings is 1. The summed E-state index contributed by atoms with van der Waals surface area (Å²) in [4.78, 5) is 20.8. The highest BCUT2D eigenvalue weighted by molar-refractivity contribution is 5.80. The number of imidazole rings is 1. The fraction of sp³-hybridized carbons (Fsp3) is 0.429. The van der Waals surface area contributed by atoms with Crippen molar-refractivity contribution in [2.75, 3.05) is 18.0 Å². The monoisotopic (exact) mass is 274 g/mol. The van der Waals surface area contributed by atoms with E-state index in [2.05, 4.69) is 20.9 Å². The number of nitrogens with two attached hydrogens (primary N) is 1. The van der Waals surface area contributed by atoms with Crippen molar-refractivity contribution in [2.24, 2.45) is 11.7 Å². The second kappa shape index (κ2) is 5.13. The Morgan fingerprint density at radius 3 is 2.85 bits per heavy atom. The minimum atomic E-state index is -0.679. The van der Waals surface area contributed by atoms with Gasteiger partial charge in [-0.25, -0.2) is 4.98 Å². The number of fused-ring (bicyclic) bond motifs is 1. The molecule has 3 rings (SSSR count). The van der Waals surface area contributed by atoms with Crippen LogP contribution in [0.3, 0.4) is 0 Å². The van der Waals surface area contributed by atoms with E-state index in [1.165, 1.54) is 0 Å². The lowest BCUT2D eigenvalue weighted by Gasteiger charge is -2.31. The number of nitrogens with one attached hydrogen (secondary N) is 1. The zero-order valence-corrected chi connectivity index (χ0v) is 11.2. The zero-order chi connectivity index (χ0) is 14.1. The van der Waals surface area contributed by atoms with Gasteiger partial charge in [-0.1, -0.05) is 0 Å². The van der Waals surface area contributed by atoms with Crippen molar-refractivity contribution < 1.29 is 9.90 Å². The molecule has 0 radical (unpaired) electrons. The molecule has 2 heterocycles. The molecule has 106 valence electrons. The fourth-order valence-corrected chi connectivity index (χ4v) is 2.73. The SMILES string of the molecule is NCc1nc2ccc(N3CCC(C(=O)O)CC3)cc2[nH]1. The molecule has 6 heteroatoms. The van der Waals surface area contributed by atoms with Crippen molar-refractivity contribution in [2.45, 2.75) is 19.4 Å². The third-order valence-corrected chi connectivity index (χ3v) is 3.92. The van der Waals surface area contributed by atoms with E-state index >= 15 is 0 Å². The highest BCUT2D eigenvalue weighted by Gasteiger charge is 2.24. The second-order valence-corrected chi connectivity index (χ2v) is 5.19. The number of aromatic nitrogens is 2. The Morgan fingerprint density at radius 2 is 2.20 bits per heavy atom. The zero-order valence-electron chi connectivity index (χ0n) is 11.2. The number of nitrogens with zero attached hydrogens (tertiary/aromatic N) is 2. The summed E-state index contributed by atoms with van der Waals surface area (Å²) in [5.41, 5.74) is 8.57. The molecular weight excluding hydrogens is 256 g/mol. The normalized spacial score (nSPS) is 16.8. The van der Waals surface area contributed by atoms with Gasteiger partial charge in [0.2, 0.25) is 0 Å². The number of hydrogen-bond acceptors (Lipinski definition) is 4. The maximum atomic E-state index is 11.0. The quantitative estimate of drug-likeness (QED) is 0.784. The van der Waals surface area contributed by atoms with E-state index in [-0.39, 0.29) is 5.92 Å². The number of aliphatic carboxylic acids is 1. The average Bonchev–Trinajstić information content (AvgIpc) is 2.89. The van der Waals surface area contributed by atoms with Crippen molar-refractivity contribution >= 4 is 22.7 Å². The summed E-state index contributed by atoms with van der Waals surface area (Å²) >= 11 is 0. The highest BCUT2D eigenvalue weighted by atomic mass is 16.4. The Hall–Kier alpha value is -2.08. The standard InChI is InChI=1S/C14H18N4O2/c15-8-13-16-11-2-1-10(7-12(11)17-13)18-5-3-9(4-6-18)14(19)20/h1-2,7,9H,3-6,8,15H2,(H,16,17)(H,19,20). The summed E-state index contributed by atoms with van der Waals surface area (Å²) in [7, 11) is 0. The molecule has 20 heavy (non-hydrogen) atoms. The van der Waals surface area contributed by atoms with Crippen LogP contribution in [0, 0.1) is 5.92 Å². The van der Waals surface area contributed by atoms with Crippen LogP contribution in [-0.2, 0) is 11.3 Å². The minimum absolute atomic E-state index is 0.203. The Bertz CT molecular complexity index is 629. The van der Waals surface area contributed by atoms with Gasteiger partial charge in [0.05, 0.1) is 23.5 Å². The minimum Gasteiger partial charge on any atom is -0.481 e. The number of aromatic amines is 1. The van der Waals surface area contributed by atoms with E-state index in [1.807, 2.05) is 12.1 Å². The predicted molar refractivity (Wildman–Crippen MR) is 76.6 cm³/mol. The molecule has 1 aromatic carbocycles. The molecule has 0 unspecified atom stereocenters. The van der Waals surface area contributed by atoms with Crippen LogP contribution in [0.15, 0.2) is 18.2 Å². The maximum Gasteiger partial charge on any atom is 0.306 e. The second-order valence-electron chi connectivity index (χ2n) is 5.19. The van der Waals surface area contributed by atoms with Crippen LogP contribution < -0.4 is 10.6 Å². The maximum absolute atomic E-state index is 11.0. The lowest BCUT2D eigenvalue weighted by molar-refractivity contribution is -0.142.